The van der Waals surface area contributed by atoms with Crippen molar-refractivity contribution in [3.05, 3.63) is 28.2 Å². The molecule has 3 rings (SSSR count). The Bertz CT molecular complexity index is 707. The van der Waals surface area contributed by atoms with Crippen molar-refractivity contribution < 1.29 is 18.2 Å². The Labute approximate surface area is 161 Å². The van der Waals surface area contributed by atoms with E-state index in [2.05, 4.69) is 10.7 Å². The van der Waals surface area contributed by atoms with Gasteiger partial charge in [0.25, 0.3) is 6.43 Å². The number of hydrogen-bond acceptors (Lipinski definition) is 3. The average Bonchev–Trinajstić information content (AvgIpc) is 2.93. The van der Waals surface area contributed by atoms with Gasteiger partial charge < -0.3 is 5.32 Å². The fraction of sp³-hybridized carbons (Fsp3) is 0.588. The molecule has 0 radical (unpaired) electrons. The van der Waals surface area contributed by atoms with Crippen LogP contribution >= 0.6 is 23.2 Å². The molecule has 2 heterocycles. The summed E-state index contributed by atoms with van der Waals surface area (Å²) in [6, 6.07) is 3.96. The van der Waals surface area contributed by atoms with Crippen molar-refractivity contribution in [1.82, 2.24) is 10.3 Å². The highest BCUT2D eigenvalue weighted by atomic mass is 35.5. The average molecular weight is 408 g/mol. The van der Waals surface area contributed by atoms with Crippen LogP contribution in [0.1, 0.15) is 13.3 Å². The molecule has 5 atom stereocenters. The standard InChI is InChI=1S/C17H22Cl2F2N4O/c1-9-6-14(15(20)21)25(3)17(24(9)2)11(8-22-25)16(26)23-10-4-5-12(18)13(19)7-10/h4-5,7,9,11,14-15,17,22H,6,8H2,1-3H3/p+1. The smallest absolute Gasteiger partial charge is 0.291 e. The largest absolute Gasteiger partial charge is 0.325 e. The quantitative estimate of drug-likeness (QED) is 0.756. The zero-order valence-corrected chi connectivity index (χ0v) is 16.4. The minimum absolute atomic E-state index is 0.0298. The molecular weight excluding hydrogens is 385 g/mol. The van der Waals surface area contributed by atoms with Crippen LogP contribution in [0, 0.1) is 5.92 Å². The number of nitrogens with one attached hydrogen (secondary N) is 2. The lowest BCUT2D eigenvalue weighted by molar-refractivity contribution is -1.00. The molecule has 0 aliphatic carbocycles. The second-order valence-corrected chi connectivity index (χ2v) is 8.11. The second kappa shape index (κ2) is 7.20. The predicted octanol–water partition coefficient (Wildman–Crippen LogP) is 3.20. The van der Waals surface area contributed by atoms with Gasteiger partial charge in [-0.2, -0.15) is 5.43 Å². The third-order valence-electron chi connectivity index (χ3n) is 5.76. The summed E-state index contributed by atoms with van der Waals surface area (Å²) in [6.45, 7) is 2.25. The summed E-state index contributed by atoms with van der Waals surface area (Å²) in [7, 11) is 3.64. The van der Waals surface area contributed by atoms with E-state index in [1.54, 1.807) is 25.2 Å². The number of fused-ring (bicyclic) bond motifs is 1. The molecule has 2 aliphatic rings. The highest BCUT2D eigenvalue weighted by Crippen LogP contribution is 2.39. The van der Waals surface area contributed by atoms with Gasteiger partial charge in [-0.15, -0.1) is 0 Å². The van der Waals surface area contributed by atoms with Crippen molar-refractivity contribution in [2.75, 3.05) is 26.0 Å². The van der Waals surface area contributed by atoms with Crippen LogP contribution < -0.4 is 10.7 Å². The third-order valence-corrected chi connectivity index (χ3v) is 6.50. The van der Waals surface area contributed by atoms with E-state index in [0.717, 1.165) is 0 Å². The molecule has 26 heavy (non-hydrogen) atoms. The van der Waals surface area contributed by atoms with E-state index in [4.69, 9.17) is 23.2 Å². The Kier molecular flexibility index (Phi) is 5.48. The fourth-order valence-electron chi connectivity index (χ4n) is 4.21. The van der Waals surface area contributed by atoms with Gasteiger partial charge in [-0.05, 0) is 32.2 Å². The summed E-state index contributed by atoms with van der Waals surface area (Å²) in [4.78, 5) is 14.9. The minimum Gasteiger partial charge on any atom is -0.325 e. The summed E-state index contributed by atoms with van der Waals surface area (Å²) < 4.78 is 27.3. The van der Waals surface area contributed by atoms with Crippen LogP contribution in [0.5, 0.6) is 0 Å². The van der Waals surface area contributed by atoms with Crippen LogP contribution in [-0.4, -0.2) is 60.7 Å². The fourth-order valence-corrected chi connectivity index (χ4v) is 4.51. The molecule has 2 N–H and O–H groups in total. The van der Waals surface area contributed by atoms with Crippen LogP contribution in [0.15, 0.2) is 18.2 Å². The number of carbonyl (C=O) groups excluding carboxylic acids is 1. The van der Waals surface area contributed by atoms with Gasteiger partial charge in [-0.1, -0.05) is 23.2 Å². The van der Waals surface area contributed by atoms with Crippen LogP contribution in [0.25, 0.3) is 0 Å². The van der Waals surface area contributed by atoms with Crippen molar-refractivity contribution >= 4 is 34.8 Å². The first-order chi connectivity index (χ1) is 12.1. The number of nitrogens with zero attached hydrogens (tertiary/aromatic N) is 2. The van der Waals surface area contributed by atoms with E-state index in [1.807, 2.05) is 18.9 Å². The van der Waals surface area contributed by atoms with E-state index in [1.165, 1.54) is 0 Å². The summed E-state index contributed by atoms with van der Waals surface area (Å²) in [5.74, 6) is -0.694. The summed E-state index contributed by atoms with van der Waals surface area (Å²) in [5.41, 5.74) is 3.69. The van der Waals surface area contributed by atoms with Gasteiger partial charge in [0.1, 0.15) is 5.92 Å². The number of hydrogen-bond donors (Lipinski definition) is 2. The number of alkyl halides is 2. The molecule has 144 valence electrons. The molecule has 9 heteroatoms. The van der Waals surface area contributed by atoms with E-state index >= 15 is 0 Å². The number of quaternary nitrogens is 1. The molecule has 1 aromatic rings. The summed E-state index contributed by atoms with van der Waals surface area (Å²) in [5, 5.41) is 3.58. The highest BCUT2D eigenvalue weighted by molar-refractivity contribution is 6.42. The van der Waals surface area contributed by atoms with Crippen LogP contribution in [0.3, 0.4) is 0 Å². The molecule has 2 saturated heterocycles. The number of anilines is 1. The second-order valence-electron chi connectivity index (χ2n) is 7.30. The van der Waals surface area contributed by atoms with Crippen LogP contribution in [-0.2, 0) is 4.79 Å². The van der Waals surface area contributed by atoms with Crippen molar-refractivity contribution in [2.45, 2.75) is 38.0 Å². The monoisotopic (exact) mass is 407 g/mol. The predicted molar refractivity (Wildman–Crippen MR) is 98.2 cm³/mol. The van der Waals surface area contributed by atoms with Gasteiger partial charge in [0.2, 0.25) is 5.91 Å². The van der Waals surface area contributed by atoms with Crippen molar-refractivity contribution in [3.8, 4) is 0 Å². The van der Waals surface area contributed by atoms with Crippen LogP contribution in [0.2, 0.25) is 10.0 Å². The number of amides is 1. The molecular formula is C17H23Cl2F2N4O+. The highest BCUT2D eigenvalue weighted by Gasteiger charge is 2.61. The van der Waals surface area contributed by atoms with E-state index in [-0.39, 0.29) is 22.7 Å². The molecule has 1 amide bonds. The molecule has 5 nitrogen and oxygen atoms in total. The summed E-state index contributed by atoms with van der Waals surface area (Å²) >= 11 is 11.9. The SMILES string of the molecule is CC1CC(C(F)F)[N+]2(C)NCC(C(=O)Nc3ccc(Cl)c(Cl)c3)C2N1C. The molecule has 5 unspecified atom stereocenters. The topological polar surface area (TPSA) is 44.4 Å². The molecule has 2 aliphatic heterocycles. The number of halogens is 4. The summed E-state index contributed by atoms with van der Waals surface area (Å²) in [6.07, 6.45) is -2.46. The molecule has 0 aromatic heterocycles. The van der Waals surface area contributed by atoms with Gasteiger partial charge in [0, 0.05) is 18.2 Å². The first-order valence-corrected chi connectivity index (χ1v) is 9.27. The number of carbonyl (C=O) groups is 1. The minimum atomic E-state index is -2.46. The molecule has 0 bridgehead atoms. The van der Waals surface area contributed by atoms with Gasteiger partial charge >= 0.3 is 0 Å². The Morgan fingerprint density at radius 3 is 2.69 bits per heavy atom. The normalized spacial score (nSPS) is 34.8. The van der Waals surface area contributed by atoms with Gasteiger partial charge in [-0.25, -0.2) is 13.4 Å². The van der Waals surface area contributed by atoms with Gasteiger partial charge in [0.05, 0.1) is 23.6 Å². The van der Waals surface area contributed by atoms with Gasteiger partial charge in [0.15, 0.2) is 12.2 Å². The Morgan fingerprint density at radius 2 is 2.08 bits per heavy atom. The lowest BCUT2D eigenvalue weighted by atomic mass is 9.94. The number of benzene rings is 1. The van der Waals surface area contributed by atoms with Crippen molar-refractivity contribution in [3.63, 3.8) is 0 Å². The Morgan fingerprint density at radius 1 is 1.38 bits per heavy atom. The lowest BCUT2D eigenvalue weighted by Crippen LogP contribution is -2.73. The maximum atomic E-state index is 13.7. The molecule has 1 aromatic carbocycles. The third kappa shape index (κ3) is 3.31. The maximum Gasteiger partial charge on any atom is 0.291 e. The van der Waals surface area contributed by atoms with E-state index in [0.29, 0.717) is 28.7 Å². The molecule has 0 spiro atoms. The van der Waals surface area contributed by atoms with E-state index in [9.17, 15) is 13.6 Å². The van der Waals surface area contributed by atoms with Crippen LogP contribution in [0.4, 0.5) is 14.5 Å². The molecule has 0 saturated carbocycles. The van der Waals surface area contributed by atoms with Crippen molar-refractivity contribution in [1.29, 1.82) is 0 Å². The first-order valence-electron chi connectivity index (χ1n) is 8.52. The zero-order valence-electron chi connectivity index (χ0n) is 14.8. The number of rotatable bonds is 3. The lowest BCUT2D eigenvalue weighted by Gasteiger charge is -2.51. The van der Waals surface area contributed by atoms with Gasteiger partial charge in [-0.3, -0.25) is 9.69 Å². The maximum absolute atomic E-state index is 13.7. The Balaban J connectivity index is 1.84. The van der Waals surface area contributed by atoms with E-state index < -0.39 is 18.4 Å². The Hall–Kier alpha value is -0.990. The van der Waals surface area contributed by atoms with Crippen molar-refractivity contribution in [2.24, 2.45) is 5.92 Å². The zero-order chi connectivity index (χ0) is 19.2. The first kappa shape index (κ1) is 19.8. The molecule has 2 fully saturated rings.